The predicted octanol–water partition coefficient (Wildman–Crippen LogP) is 6.29. The molecule has 20 heavy (non-hydrogen) atoms. The Balaban J connectivity index is 1.98. The van der Waals surface area contributed by atoms with Crippen molar-refractivity contribution < 1.29 is 0 Å². The summed E-state index contributed by atoms with van der Waals surface area (Å²) in [6.45, 7) is 0. The molecule has 0 saturated heterocycles. The number of hydrogen-bond acceptors (Lipinski definition) is 1. The number of thiophene rings is 1. The van der Waals surface area contributed by atoms with Crippen LogP contribution in [-0.2, 0) is 6.42 Å². The fourth-order valence-electron chi connectivity index (χ4n) is 2.86. The van der Waals surface area contributed by atoms with E-state index in [0.29, 0.717) is 0 Å². The Morgan fingerprint density at radius 2 is 1.85 bits per heavy atom. The first kappa shape index (κ1) is 12.4. The van der Waals surface area contributed by atoms with Gasteiger partial charge in [-0.25, -0.2) is 0 Å². The van der Waals surface area contributed by atoms with Gasteiger partial charge in [-0.05, 0) is 53.1 Å². The molecule has 0 saturated carbocycles. The van der Waals surface area contributed by atoms with Crippen molar-refractivity contribution >= 4 is 43.4 Å². The third-order valence-corrected chi connectivity index (χ3v) is 5.61. The first-order chi connectivity index (χ1) is 9.83. The van der Waals surface area contributed by atoms with Gasteiger partial charge in [0.2, 0.25) is 0 Å². The molecule has 0 bridgehead atoms. The van der Waals surface area contributed by atoms with Crippen LogP contribution in [0.2, 0.25) is 0 Å². The number of hydrogen-bond donors (Lipinski definition) is 0. The van der Waals surface area contributed by atoms with E-state index < -0.39 is 0 Å². The van der Waals surface area contributed by atoms with E-state index in [9.17, 15) is 0 Å². The maximum absolute atomic E-state index is 3.51. The molecule has 2 heteroatoms. The average molecular weight is 341 g/mol. The van der Waals surface area contributed by atoms with Crippen molar-refractivity contribution in [1.29, 1.82) is 0 Å². The molecule has 0 nitrogen and oxygen atoms in total. The summed E-state index contributed by atoms with van der Waals surface area (Å²) >= 11 is 5.43. The summed E-state index contributed by atoms with van der Waals surface area (Å²) in [5.41, 5.74) is 4.18. The van der Waals surface area contributed by atoms with Crippen LogP contribution < -0.4 is 0 Å². The monoisotopic (exact) mass is 340 g/mol. The van der Waals surface area contributed by atoms with Gasteiger partial charge in [-0.2, -0.15) is 0 Å². The molecule has 2 aromatic carbocycles. The highest BCUT2D eigenvalue weighted by Gasteiger charge is 2.15. The summed E-state index contributed by atoms with van der Waals surface area (Å²) in [5.74, 6) is 0. The molecule has 3 aromatic rings. The summed E-state index contributed by atoms with van der Waals surface area (Å²) in [6.07, 6.45) is 6.92. The van der Waals surface area contributed by atoms with Crippen LogP contribution in [0.5, 0.6) is 0 Å². The van der Waals surface area contributed by atoms with Crippen molar-refractivity contribution in [3.8, 4) is 11.1 Å². The summed E-state index contributed by atoms with van der Waals surface area (Å²) in [6, 6.07) is 15.3. The van der Waals surface area contributed by atoms with Gasteiger partial charge < -0.3 is 0 Å². The van der Waals surface area contributed by atoms with E-state index in [1.165, 1.54) is 44.5 Å². The second-order valence-electron chi connectivity index (χ2n) is 5.08. The lowest BCUT2D eigenvalue weighted by Gasteiger charge is -2.06. The molecular formula is C18H13BrS. The van der Waals surface area contributed by atoms with Gasteiger partial charge in [0.1, 0.15) is 0 Å². The van der Waals surface area contributed by atoms with E-state index in [0.717, 1.165) is 4.47 Å². The number of halogens is 1. The molecule has 0 amide bonds. The molecule has 0 unspecified atom stereocenters. The number of fused-ring (bicyclic) bond motifs is 3. The van der Waals surface area contributed by atoms with Crippen molar-refractivity contribution in [3.05, 3.63) is 63.5 Å². The highest BCUT2D eigenvalue weighted by Crippen LogP contribution is 2.40. The zero-order valence-corrected chi connectivity index (χ0v) is 13.3. The molecule has 98 valence electrons. The lowest BCUT2D eigenvalue weighted by Crippen LogP contribution is -1.88. The highest BCUT2D eigenvalue weighted by atomic mass is 79.9. The zero-order valence-electron chi connectivity index (χ0n) is 10.9. The van der Waals surface area contributed by atoms with E-state index in [2.05, 4.69) is 70.5 Å². The number of aryl methyl sites for hydroxylation is 1. The minimum absolute atomic E-state index is 1.13. The van der Waals surface area contributed by atoms with Crippen LogP contribution in [-0.4, -0.2) is 0 Å². The van der Waals surface area contributed by atoms with Crippen molar-refractivity contribution in [1.82, 2.24) is 0 Å². The minimum Gasteiger partial charge on any atom is -0.135 e. The second kappa shape index (κ2) is 4.87. The van der Waals surface area contributed by atoms with Crippen molar-refractivity contribution in [2.24, 2.45) is 0 Å². The van der Waals surface area contributed by atoms with Gasteiger partial charge in [0.05, 0.1) is 0 Å². The van der Waals surface area contributed by atoms with E-state index in [-0.39, 0.29) is 0 Å². The molecule has 0 spiro atoms. The van der Waals surface area contributed by atoms with Crippen LogP contribution in [0.1, 0.15) is 16.9 Å². The first-order valence-electron chi connectivity index (χ1n) is 6.80. The van der Waals surface area contributed by atoms with Gasteiger partial charge in [0.15, 0.2) is 0 Å². The van der Waals surface area contributed by atoms with Gasteiger partial charge in [-0.3, -0.25) is 0 Å². The van der Waals surface area contributed by atoms with Gasteiger partial charge in [0, 0.05) is 14.0 Å². The Labute approximate surface area is 130 Å². The molecule has 1 aromatic heterocycles. The van der Waals surface area contributed by atoms with E-state index in [1.54, 1.807) is 0 Å². The van der Waals surface area contributed by atoms with Gasteiger partial charge >= 0.3 is 0 Å². The van der Waals surface area contributed by atoms with Crippen LogP contribution in [0.15, 0.2) is 53.0 Å². The Morgan fingerprint density at radius 1 is 1.00 bits per heavy atom. The molecule has 4 rings (SSSR count). The van der Waals surface area contributed by atoms with E-state index in [4.69, 9.17) is 0 Å². The summed E-state index contributed by atoms with van der Waals surface area (Å²) in [4.78, 5) is 1.44. The van der Waals surface area contributed by atoms with E-state index in [1.807, 2.05) is 11.3 Å². The third-order valence-electron chi connectivity index (χ3n) is 3.84. The maximum Gasteiger partial charge on any atom is 0.0430 e. The molecule has 0 atom stereocenters. The van der Waals surface area contributed by atoms with Crippen LogP contribution in [0.25, 0.3) is 27.3 Å². The normalized spacial score (nSPS) is 13.7. The van der Waals surface area contributed by atoms with Crippen LogP contribution in [0.4, 0.5) is 0 Å². The molecule has 0 N–H and O–H groups in total. The lowest BCUT2D eigenvalue weighted by atomic mass is 9.98. The fraction of sp³-hybridized carbons (Fsp3) is 0.111. The number of allylic oxidation sites excluding steroid dienone is 1. The molecule has 1 heterocycles. The molecular weight excluding hydrogens is 328 g/mol. The topological polar surface area (TPSA) is 0 Å². The maximum atomic E-state index is 3.51. The van der Waals surface area contributed by atoms with Gasteiger partial charge in [-0.1, -0.05) is 52.3 Å². The van der Waals surface area contributed by atoms with Crippen LogP contribution >= 0.6 is 27.3 Å². The summed E-state index contributed by atoms with van der Waals surface area (Å²) < 4.78 is 2.55. The molecule has 0 radical (unpaired) electrons. The zero-order chi connectivity index (χ0) is 13.5. The van der Waals surface area contributed by atoms with Crippen LogP contribution in [0, 0.1) is 0 Å². The predicted molar refractivity (Wildman–Crippen MR) is 92.3 cm³/mol. The lowest BCUT2D eigenvalue weighted by molar-refractivity contribution is 1.01. The summed E-state index contributed by atoms with van der Waals surface area (Å²) in [7, 11) is 0. The van der Waals surface area contributed by atoms with Crippen molar-refractivity contribution in [2.45, 2.75) is 12.8 Å². The molecule has 1 aliphatic carbocycles. The van der Waals surface area contributed by atoms with Crippen LogP contribution in [0.3, 0.4) is 0 Å². The minimum atomic E-state index is 1.13. The standard InChI is InChI=1S/C18H13BrS/c19-13-10-8-12(9-11-13)14-5-3-6-16-15-4-1-2-7-17(15)20-18(14)16/h2-3,5-11H,1,4H2. The Morgan fingerprint density at radius 3 is 2.70 bits per heavy atom. The van der Waals surface area contributed by atoms with Crippen molar-refractivity contribution in [3.63, 3.8) is 0 Å². The van der Waals surface area contributed by atoms with Crippen molar-refractivity contribution in [2.75, 3.05) is 0 Å². The molecule has 1 aliphatic rings. The second-order valence-corrected chi connectivity index (χ2v) is 7.04. The summed E-state index contributed by atoms with van der Waals surface area (Å²) in [5, 5.41) is 1.44. The quantitative estimate of drug-likeness (QED) is 0.488. The molecule has 0 fully saturated rings. The highest BCUT2D eigenvalue weighted by molar-refractivity contribution is 9.10. The largest absolute Gasteiger partial charge is 0.135 e. The first-order valence-corrected chi connectivity index (χ1v) is 8.41. The van der Waals surface area contributed by atoms with Gasteiger partial charge in [0.25, 0.3) is 0 Å². The van der Waals surface area contributed by atoms with E-state index >= 15 is 0 Å². The molecule has 0 aliphatic heterocycles. The Hall–Kier alpha value is -1.38. The Kier molecular flexibility index (Phi) is 3.01. The SMILES string of the molecule is Brc1ccc(-c2cccc3c4c(sc23)C=CCC4)cc1. The smallest absolute Gasteiger partial charge is 0.0430 e. The number of rotatable bonds is 1. The fourth-order valence-corrected chi connectivity index (χ4v) is 4.44. The number of benzene rings is 2. The van der Waals surface area contributed by atoms with Gasteiger partial charge in [-0.15, -0.1) is 11.3 Å². The average Bonchev–Trinajstić information content (AvgIpc) is 2.87. The third kappa shape index (κ3) is 1.95. The Bertz CT molecular complexity index is 809.